The quantitative estimate of drug-likeness (QED) is 0.838. The van der Waals surface area contributed by atoms with Crippen LogP contribution in [0.5, 0.6) is 5.88 Å². The Kier molecular flexibility index (Phi) is 5.12. The Hall–Kier alpha value is -2.29. The molecule has 19 heavy (non-hydrogen) atoms. The van der Waals surface area contributed by atoms with Gasteiger partial charge < -0.3 is 14.8 Å². The number of hydrogen-bond donors (Lipinski definition) is 1. The molecule has 0 saturated heterocycles. The molecule has 1 aromatic heterocycles. The second-order valence-electron chi connectivity index (χ2n) is 4.77. The van der Waals surface area contributed by atoms with Crippen LogP contribution in [0.2, 0.25) is 0 Å². The predicted molar refractivity (Wildman–Crippen MR) is 68.7 cm³/mol. The molecule has 0 saturated carbocycles. The van der Waals surface area contributed by atoms with Crippen LogP contribution in [-0.2, 0) is 4.74 Å². The van der Waals surface area contributed by atoms with Crippen molar-refractivity contribution in [1.29, 1.82) is 5.26 Å². The van der Waals surface area contributed by atoms with Crippen LogP contribution in [0.15, 0.2) is 18.3 Å². The van der Waals surface area contributed by atoms with Crippen LogP contribution in [0.25, 0.3) is 0 Å². The first-order valence-electron chi connectivity index (χ1n) is 5.86. The molecule has 1 aromatic rings. The van der Waals surface area contributed by atoms with Crippen LogP contribution >= 0.6 is 0 Å². The highest BCUT2D eigenvalue weighted by Crippen LogP contribution is 2.07. The molecule has 1 rings (SSSR count). The van der Waals surface area contributed by atoms with E-state index >= 15 is 0 Å². The fourth-order valence-electron chi connectivity index (χ4n) is 1.15. The third-order valence-electron chi connectivity index (χ3n) is 1.89. The monoisotopic (exact) mass is 263 g/mol. The second-order valence-corrected chi connectivity index (χ2v) is 4.77. The zero-order valence-corrected chi connectivity index (χ0v) is 11.3. The minimum atomic E-state index is -0.514. The highest BCUT2D eigenvalue weighted by atomic mass is 16.6. The van der Waals surface area contributed by atoms with E-state index in [1.165, 1.54) is 6.20 Å². The van der Waals surface area contributed by atoms with Crippen molar-refractivity contribution in [3.63, 3.8) is 0 Å². The number of rotatable bonds is 4. The van der Waals surface area contributed by atoms with Crippen molar-refractivity contribution >= 4 is 6.09 Å². The lowest BCUT2D eigenvalue weighted by atomic mass is 10.2. The van der Waals surface area contributed by atoms with Gasteiger partial charge in [0, 0.05) is 12.3 Å². The van der Waals surface area contributed by atoms with Crippen LogP contribution in [-0.4, -0.2) is 29.8 Å². The van der Waals surface area contributed by atoms with E-state index in [1.807, 2.05) is 6.07 Å². The molecular formula is C13H17N3O3. The maximum absolute atomic E-state index is 11.3. The van der Waals surface area contributed by atoms with Crippen molar-refractivity contribution in [2.45, 2.75) is 26.4 Å². The SMILES string of the molecule is CC(C)(C)OC(=O)NCCOc1ccc(C#N)cn1. The Bertz CT molecular complexity index is 458. The summed E-state index contributed by atoms with van der Waals surface area (Å²) < 4.78 is 10.4. The van der Waals surface area contributed by atoms with Gasteiger partial charge in [0.1, 0.15) is 18.3 Å². The number of aromatic nitrogens is 1. The van der Waals surface area contributed by atoms with Crippen LogP contribution in [0, 0.1) is 11.3 Å². The summed E-state index contributed by atoms with van der Waals surface area (Å²) in [4.78, 5) is 15.2. The summed E-state index contributed by atoms with van der Waals surface area (Å²) in [6.07, 6.45) is 0.945. The number of nitriles is 1. The van der Waals surface area contributed by atoms with Crippen molar-refractivity contribution in [1.82, 2.24) is 10.3 Å². The molecule has 1 N–H and O–H groups in total. The molecule has 6 nitrogen and oxygen atoms in total. The zero-order valence-electron chi connectivity index (χ0n) is 11.3. The normalized spacial score (nSPS) is 10.4. The summed E-state index contributed by atoms with van der Waals surface area (Å²) in [7, 11) is 0. The molecule has 1 amide bonds. The Balaban J connectivity index is 2.24. The van der Waals surface area contributed by atoms with E-state index in [-0.39, 0.29) is 6.61 Å². The summed E-state index contributed by atoms with van der Waals surface area (Å²) in [6.45, 7) is 5.98. The molecule has 0 aromatic carbocycles. The average Bonchev–Trinajstić information content (AvgIpc) is 2.33. The van der Waals surface area contributed by atoms with Crippen molar-refractivity contribution < 1.29 is 14.3 Å². The number of alkyl carbamates (subject to hydrolysis) is 1. The average molecular weight is 263 g/mol. The third-order valence-corrected chi connectivity index (χ3v) is 1.89. The first-order valence-corrected chi connectivity index (χ1v) is 5.86. The number of pyridine rings is 1. The van der Waals surface area contributed by atoms with E-state index in [4.69, 9.17) is 14.7 Å². The Morgan fingerprint density at radius 3 is 2.74 bits per heavy atom. The summed E-state index contributed by atoms with van der Waals surface area (Å²) >= 11 is 0. The van der Waals surface area contributed by atoms with Crippen molar-refractivity contribution in [2.75, 3.05) is 13.2 Å². The van der Waals surface area contributed by atoms with Crippen molar-refractivity contribution in [2.24, 2.45) is 0 Å². The lowest BCUT2D eigenvalue weighted by Crippen LogP contribution is -2.34. The molecule has 0 aliphatic carbocycles. The molecule has 0 aliphatic heterocycles. The summed E-state index contributed by atoms with van der Waals surface area (Å²) in [6, 6.07) is 5.18. The van der Waals surface area contributed by atoms with E-state index in [1.54, 1.807) is 32.9 Å². The molecule has 0 atom stereocenters. The van der Waals surface area contributed by atoms with Gasteiger partial charge in [-0.2, -0.15) is 5.26 Å². The molecular weight excluding hydrogens is 246 g/mol. The third kappa shape index (κ3) is 6.27. The minimum absolute atomic E-state index is 0.276. The van der Waals surface area contributed by atoms with Gasteiger partial charge in [0.15, 0.2) is 0 Å². The molecule has 1 heterocycles. The summed E-state index contributed by atoms with van der Waals surface area (Å²) in [5.41, 5.74) is -0.0428. The first-order chi connectivity index (χ1) is 8.90. The smallest absolute Gasteiger partial charge is 0.407 e. The van der Waals surface area contributed by atoms with Gasteiger partial charge in [-0.3, -0.25) is 0 Å². The minimum Gasteiger partial charge on any atom is -0.476 e. The fourth-order valence-corrected chi connectivity index (χ4v) is 1.15. The Morgan fingerprint density at radius 2 is 2.21 bits per heavy atom. The van der Waals surface area contributed by atoms with E-state index in [9.17, 15) is 4.79 Å². The van der Waals surface area contributed by atoms with Gasteiger partial charge in [-0.15, -0.1) is 0 Å². The topological polar surface area (TPSA) is 84.2 Å². The molecule has 0 spiro atoms. The lowest BCUT2D eigenvalue weighted by molar-refractivity contribution is 0.0520. The molecule has 0 radical (unpaired) electrons. The van der Waals surface area contributed by atoms with Crippen LogP contribution < -0.4 is 10.1 Å². The molecule has 102 valence electrons. The number of ether oxygens (including phenoxy) is 2. The summed E-state index contributed by atoms with van der Waals surface area (Å²) in [5.74, 6) is 0.407. The number of nitrogens with zero attached hydrogens (tertiary/aromatic N) is 2. The van der Waals surface area contributed by atoms with Crippen molar-refractivity contribution in [3.05, 3.63) is 23.9 Å². The Morgan fingerprint density at radius 1 is 1.47 bits per heavy atom. The molecule has 0 unspecified atom stereocenters. The van der Waals surface area contributed by atoms with Gasteiger partial charge in [-0.05, 0) is 26.8 Å². The molecule has 6 heteroatoms. The van der Waals surface area contributed by atoms with Gasteiger partial charge >= 0.3 is 6.09 Å². The van der Waals surface area contributed by atoms with Gasteiger partial charge in [0.25, 0.3) is 0 Å². The van der Waals surface area contributed by atoms with Gasteiger partial charge in [-0.1, -0.05) is 0 Å². The number of carbonyl (C=O) groups is 1. The van der Waals surface area contributed by atoms with Crippen LogP contribution in [0.4, 0.5) is 4.79 Å². The van der Waals surface area contributed by atoms with Crippen LogP contribution in [0.1, 0.15) is 26.3 Å². The lowest BCUT2D eigenvalue weighted by Gasteiger charge is -2.19. The van der Waals surface area contributed by atoms with E-state index in [0.29, 0.717) is 18.0 Å². The van der Waals surface area contributed by atoms with Crippen molar-refractivity contribution in [3.8, 4) is 11.9 Å². The van der Waals surface area contributed by atoms with E-state index in [2.05, 4.69) is 10.3 Å². The highest BCUT2D eigenvalue weighted by Gasteiger charge is 2.15. The Labute approximate surface area is 112 Å². The number of amides is 1. The largest absolute Gasteiger partial charge is 0.476 e. The predicted octanol–water partition coefficient (Wildman–Crippen LogP) is 1.86. The molecule has 0 fully saturated rings. The number of carbonyl (C=O) groups excluding carboxylic acids is 1. The number of nitrogens with one attached hydrogen (secondary N) is 1. The van der Waals surface area contributed by atoms with E-state index < -0.39 is 11.7 Å². The second kappa shape index (κ2) is 6.59. The fraction of sp³-hybridized carbons (Fsp3) is 0.462. The standard InChI is InChI=1S/C13H17N3O3/c1-13(2,3)19-12(17)15-6-7-18-11-5-4-10(8-14)9-16-11/h4-5,9H,6-7H2,1-3H3,(H,15,17). The zero-order chi connectivity index (χ0) is 14.3. The number of hydrogen-bond acceptors (Lipinski definition) is 5. The van der Waals surface area contributed by atoms with Gasteiger partial charge in [0.05, 0.1) is 12.1 Å². The maximum atomic E-state index is 11.3. The maximum Gasteiger partial charge on any atom is 0.407 e. The highest BCUT2D eigenvalue weighted by molar-refractivity contribution is 5.67. The summed E-state index contributed by atoms with van der Waals surface area (Å²) in [5, 5.41) is 11.2. The van der Waals surface area contributed by atoms with Crippen LogP contribution in [0.3, 0.4) is 0 Å². The first kappa shape index (κ1) is 14.8. The molecule has 0 bridgehead atoms. The molecule has 0 aliphatic rings. The van der Waals surface area contributed by atoms with Gasteiger partial charge in [0.2, 0.25) is 5.88 Å². The van der Waals surface area contributed by atoms with E-state index in [0.717, 1.165) is 0 Å². The van der Waals surface area contributed by atoms with Gasteiger partial charge in [-0.25, -0.2) is 9.78 Å².